The fraction of sp³-hybridized carbons (Fsp3) is 0. The second kappa shape index (κ2) is 8.40. The molecule has 0 spiro atoms. The summed E-state index contributed by atoms with van der Waals surface area (Å²) >= 11 is 0. The molecule has 7 aromatic rings. The first-order valence-corrected chi connectivity index (χ1v) is 12.0. The fourth-order valence-corrected chi connectivity index (χ4v) is 5.03. The molecule has 3 aromatic heterocycles. The topological polar surface area (TPSA) is 38.7 Å². The van der Waals surface area contributed by atoms with Crippen molar-refractivity contribution >= 4 is 32.7 Å². The van der Waals surface area contributed by atoms with Crippen LogP contribution in [0.4, 0.5) is 0 Å². The molecule has 3 heterocycles. The molecule has 0 radical (unpaired) electrons. The Morgan fingerprint density at radius 3 is 1.64 bits per heavy atom. The number of hydrogen-bond acceptors (Lipinski definition) is 3. The fourth-order valence-electron chi connectivity index (χ4n) is 5.03. The van der Waals surface area contributed by atoms with Crippen molar-refractivity contribution in [3.63, 3.8) is 0 Å². The van der Waals surface area contributed by atoms with Gasteiger partial charge in [0, 0.05) is 39.7 Å². The molecule has 0 aliphatic carbocycles. The minimum atomic E-state index is 0.882. The first-order chi connectivity index (χ1) is 17.9. The highest BCUT2D eigenvalue weighted by Crippen LogP contribution is 2.39. The predicted molar refractivity (Wildman–Crippen MR) is 149 cm³/mol. The molecule has 7 rings (SSSR count). The van der Waals surface area contributed by atoms with Crippen LogP contribution in [0.5, 0.6) is 0 Å². The summed E-state index contributed by atoms with van der Waals surface area (Å²) in [6.45, 7) is 0. The van der Waals surface area contributed by atoms with Gasteiger partial charge in [-0.1, -0.05) is 91.0 Å². The average molecular weight is 460 g/mol. The maximum Gasteiger partial charge on any atom is 0.0986 e. The lowest BCUT2D eigenvalue weighted by Gasteiger charge is -2.15. The standard InChI is InChI=1S/C33H21N3/c1-3-9-22(10-4-1)23-15-17-24(18-16-23)28-21-29-26-13-7-19-34-32(26)33-27(14-8-20-35-33)31(29)36-30(28)25-11-5-2-6-12-25/h1-21H. The molecule has 168 valence electrons. The normalized spacial score (nSPS) is 11.3. The summed E-state index contributed by atoms with van der Waals surface area (Å²) in [6, 6.07) is 40.1. The molecule has 0 aliphatic rings. The zero-order valence-corrected chi connectivity index (χ0v) is 19.5. The van der Waals surface area contributed by atoms with Crippen molar-refractivity contribution < 1.29 is 0 Å². The van der Waals surface area contributed by atoms with E-state index in [1.807, 2.05) is 36.7 Å². The van der Waals surface area contributed by atoms with Gasteiger partial charge in [0.1, 0.15) is 0 Å². The molecule has 0 saturated heterocycles. The molecule has 3 nitrogen and oxygen atoms in total. The van der Waals surface area contributed by atoms with Crippen molar-refractivity contribution in [3.8, 4) is 33.5 Å². The Bertz CT molecular complexity index is 1860. The monoisotopic (exact) mass is 459 g/mol. The number of benzene rings is 4. The van der Waals surface area contributed by atoms with Crippen LogP contribution < -0.4 is 0 Å². The zero-order chi connectivity index (χ0) is 23.9. The van der Waals surface area contributed by atoms with Crippen molar-refractivity contribution in [1.29, 1.82) is 0 Å². The minimum absolute atomic E-state index is 0.882. The van der Waals surface area contributed by atoms with Crippen LogP contribution in [0.25, 0.3) is 66.2 Å². The molecule has 0 aliphatic heterocycles. The second-order valence-corrected chi connectivity index (χ2v) is 8.89. The first-order valence-electron chi connectivity index (χ1n) is 12.0. The summed E-state index contributed by atoms with van der Waals surface area (Å²) in [6.07, 6.45) is 3.65. The number of pyridine rings is 3. The van der Waals surface area contributed by atoms with Crippen LogP contribution in [0.15, 0.2) is 128 Å². The number of fused-ring (bicyclic) bond motifs is 6. The van der Waals surface area contributed by atoms with E-state index in [4.69, 9.17) is 9.97 Å². The van der Waals surface area contributed by atoms with E-state index in [0.717, 1.165) is 55.1 Å². The summed E-state index contributed by atoms with van der Waals surface area (Å²) in [5.41, 5.74) is 9.41. The number of nitrogens with zero attached hydrogens (tertiary/aromatic N) is 3. The molecule has 0 saturated carbocycles. The predicted octanol–water partition coefficient (Wildman–Crippen LogP) is 8.33. The van der Waals surface area contributed by atoms with Crippen LogP contribution in [-0.4, -0.2) is 15.0 Å². The van der Waals surface area contributed by atoms with E-state index in [0.29, 0.717) is 0 Å². The van der Waals surface area contributed by atoms with E-state index in [1.165, 1.54) is 11.1 Å². The smallest absolute Gasteiger partial charge is 0.0986 e. The van der Waals surface area contributed by atoms with E-state index in [2.05, 4.69) is 96.0 Å². The summed E-state index contributed by atoms with van der Waals surface area (Å²) in [5, 5.41) is 3.16. The van der Waals surface area contributed by atoms with Crippen molar-refractivity contribution in [2.24, 2.45) is 0 Å². The molecular formula is C33H21N3. The summed E-state index contributed by atoms with van der Waals surface area (Å²) in [5.74, 6) is 0. The summed E-state index contributed by atoms with van der Waals surface area (Å²) < 4.78 is 0. The van der Waals surface area contributed by atoms with Gasteiger partial charge in [0.2, 0.25) is 0 Å². The Hall–Kier alpha value is -4.89. The van der Waals surface area contributed by atoms with Gasteiger partial charge in [0.25, 0.3) is 0 Å². The molecule has 0 atom stereocenters. The van der Waals surface area contributed by atoms with E-state index in [-0.39, 0.29) is 0 Å². The molecule has 0 unspecified atom stereocenters. The van der Waals surface area contributed by atoms with Crippen molar-refractivity contribution in [2.45, 2.75) is 0 Å². The van der Waals surface area contributed by atoms with Gasteiger partial charge in [-0.15, -0.1) is 0 Å². The van der Waals surface area contributed by atoms with Crippen LogP contribution in [0, 0.1) is 0 Å². The van der Waals surface area contributed by atoms with E-state index in [9.17, 15) is 0 Å². The van der Waals surface area contributed by atoms with Gasteiger partial charge < -0.3 is 0 Å². The van der Waals surface area contributed by atoms with E-state index >= 15 is 0 Å². The Labute approximate surface area is 208 Å². The molecular weight excluding hydrogens is 438 g/mol. The third-order valence-corrected chi connectivity index (χ3v) is 6.76. The lowest BCUT2D eigenvalue weighted by atomic mass is 9.94. The van der Waals surface area contributed by atoms with Gasteiger partial charge in [-0.25, -0.2) is 4.98 Å². The Morgan fingerprint density at radius 1 is 0.389 bits per heavy atom. The molecule has 0 N–H and O–H groups in total. The first kappa shape index (κ1) is 20.5. The summed E-state index contributed by atoms with van der Waals surface area (Å²) in [4.78, 5) is 14.7. The molecule has 0 bridgehead atoms. The van der Waals surface area contributed by atoms with Gasteiger partial charge in [0.05, 0.1) is 22.2 Å². The van der Waals surface area contributed by atoms with Crippen molar-refractivity contribution in [1.82, 2.24) is 15.0 Å². The van der Waals surface area contributed by atoms with Gasteiger partial charge >= 0.3 is 0 Å². The van der Waals surface area contributed by atoms with Crippen LogP contribution in [0.2, 0.25) is 0 Å². The Balaban J connectivity index is 1.54. The van der Waals surface area contributed by atoms with Gasteiger partial charge in [0.15, 0.2) is 0 Å². The molecule has 4 aromatic carbocycles. The average Bonchev–Trinajstić information content (AvgIpc) is 2.98. The van der Waals surface area contributed by atoms with E-state index < -0.39 is 0 Å². The zero-order valence-electron chi connectivity index (χ0n) is 19.5. The second-order valence-electron chi connectivity index (χ2n) is 8.89. The lowest BCUT2D eigenvalue weighted by molar-refractivity contribution is 1.36. The van der Waals surface area contributed by atoms with Crippen LogP contribution in [-0.2, 0) is 0 Å². The minimum Gasteiger partial charge on any atom is -0.254 e. The largest absolute Gasteiger partial charge is 0.254 e. The third kappa shape index (κ3) is 3.33. The molecule has 0 fully saturated rings. The van der Waals surface area contributed by atoms with Crippen molar-refractivity contribution in [2.75, 3.05) is 0 Å². The number of hydrogen-bond donors (Lipinski definition) is 0. The highest BCUT2D eigenvalue weighted by Gasteiger charge is 2.17. The summed E-state index contributed by atoms with van der Waals surface area (Å²) in [7, 11) is 0. The maximum absolute atomic E-state index is 5.31. The number of aromatic nitrogens is 3. The van der Waals surface area contributed by atoms with Gasteiger partial charge in [-0.05, 0) is 41.0 Å². The lowest BCUT2D eigenvalue weighted by Crippen LogP contribution is -1.95. The van der Waals surface area contributed by atoms with Crippen LogP contribution >= 0.6 is 0 Å². The van der Waals surface area contributed by atoms with Crippen LogP contribution in [0.3, 0.4) is 0 Å². The van der Waals surface area contributed by atoms with Gasteiger partial charge in [-0.3, -0.25) is 9.97 Å². The number of rotatable bonds is 3. The van der Waals surface area contributed by atoms with Crippen molar-refractivity contribution in [3.05, 3.63) is 128 Å². The van der Waals surface area contributed by atoms with Crippen LogP contribution in [0.1, 0.15) is 0 Å². The molecule has 0 amide bonds. The maximum atomic E-state index is 5.31. The molecule has 36 heavy (non-hydrogen) atoms. The highest BCUT2D eigenvalue weighted by molar-refractivity contribution is 6.22. The molecule has 3 heteroatoms. The Kier molecular flexibility index (Phi) is 4.78. The van der Waals surface area contributed by atoms with E-state index in [1.54, 1.807) is 0 Å². The third-order valence-electron chi connectivity index (χ3n) is 6.76. The highest BCUT2D eigenvalue weighted by atomic mass is 14.8. The van der Waals surface area contributed by atoms with Gasteiger partial charge in [-0.2, -0.15) is 0 Å². The Morgan fingerprint density at radius 2 is 0.944 bits per heavy atom. The quantitative estimate of drug-likeness (QED) is 0.249. The SMILES string of the molecule is c1ccc(-c2ccc(-c3cc4c5cccnc5c5ncccc5c4nc3-c3ccccc3)cc2)cc1.